The van der Waals surface area contributed by atoms with E-state index in [0.717, 1.165) is 16.3 Å². The summed E-state index contributed by atoms with van der Waals surface area (Å²) in [5.41, 5.74) is 1.42. The van der Waals surface area contributed by atoms with Crippen molar-refractivity contribution in [1.82, 2.24) is 25.3 Å². The molecule has 1 fully saturated rings. The molecule has 0 bridgehead atoms. The summed E-state index contributed by atoms with van der Waals surface area (Å²) < 4.78 is 37.1. The molecule has 2 N–H and O–H groups in total. The van der Waals surface area contributed by atoms with Gasteiger partial charge in [-0.05, 0) is 19.4 Å². The minimum atomic E-state index is -4.50. The van der Waals surface area contributed by atoms with E-state index in [1.165, 1.54) is 0 Å². The van der Waals surface area contributed by atoms with Gasteiger partial charge in [0.1, 0.15) is 18.1 Å². The summed E-state index contributed by atoms with van der Waals surface area (Å²) in [6.45, 7) is 2.81. The second-order valence-electron chi connectivity index (χ2n) is 6.67. The van der Waals surface area contributed by atoms with Crippen LogP contribution >= 0.6 is 0 Å². The summed E-state index contributed by atoms with van der Waals surface area (Å²) in [4.78, 5) is 29.9. The lowest BCUT2D eigenvalue weighted by Gasteiger charge is -2.21. The van der Waals surface area contributed by atoms with Gasteiger partial charge in [-0.2, -0.15) is 13.2 Å². The van der Waals surface area contributed by atoms with E-state index in [2.05, 4.69) is 25.3 Å². The molecule has 0 radical (unpaired) electrons. The molecule has 1 atom stereocenters. The van der Waals surface area contributed by atoms with E-state index in [1.54, 1.807) is 12.4 Å². The zero-order chi connectivity index (χ0) is 19.2. The fraction of sp³-hybridized carbons (Fsp3) is 0.412. The van der Waals surface area contributed by atoms with E-state index in [0.29, 0.717) is 36.8 Å². The van der Waals surface area contributed by atoms with Crippen molar-refractivity contribution in [3.8, 4) is 0 Å². The monoisotopic (exact) mass is 378 g/mol. The van der Waals surface area contributed by atoms with Gasteiger partial charge in [0.2, 0.25) is 5.91 Å². The molecule has 1 aliphatic heterocycles. The Kier molecular flexibility index (Phi) is 4.12. The number of anilines is 1. The Bertz CT molecular complexity index is 1010. The van der Waals surface area contributed by atoms with Crippen LogP contribution in [0.15, 0.2) is 18.5 Å². The standard InChI is InChI=1S/C17H17F3N6O/c1-9-23-12-7-22-15-11(2-4-21-15)14(12)16(24-9)26-5-3-10(8-26)25-13(27)6-17(18,19)20/h2,4,7,10H,3,5-6,8H2,1H3,(H,23,24)(H,25,27). The van der Waals surface area contributed by atoms with Gasteiger partial charge < -0.3 is 15.2 Å². The van der Waals surface area contributed by atoms with Gasteiger partial charge in [0.05, 0.1) is 17.1 Å². The number of nitrogens with zero attached hydrogens (tertiary/aromatic N) is 4. The fourth-order valence-electron chi connectivity index (χ4n) is 3.49. The number of amides is 1. The number of carbonyl (C=O) groups is 1. The van der Waals surface area contributed by atoms with Crippen LogP contribution in [0.1, 0.15) is 18.7 Å². The molecular weight excluding hydrogens is 361 g/mol. The van der Waals surface area contributed by atoms with E-state index < -0.39 is 18.5 Å². The Morgan fingerprint density at radius 1 is 1.41 bits per heavy atom. The lowest BCUT2D eigenvalue weighted by molar-refractivity contribution is -0.154. The van der Waals surface area contributed by atoms with Gasteiger partial charge in [-0.25, -0.2) is 15.0 Å². The van der Waals surface area contributed by atoms with Crippen molar-refractivity contribution in [1.29, 1.82) is 0 Å². The topological polar surface area (TPSA) is 86.8 Å². The molecule has 0 aliphatic carbocycles. The average Bonchev–Trinajstić information content (AvgIpc) is 3.20. The first-order valence-electron chi connectivity index (χ1n) is 8.51. The van der Waals surface area contributed by atoms with Gasteiger partial charge in [0, 0.05) is 30.7 Å². The molecule has 0 aromatic carbocycles. The van der Waals surface area contributed by atoms with Crippen molar-refractivity contribution < 1.29 is 18.0 Å². The number of nitrogens with one attached hydrogen (secondary N) is 2. The number of hydrogen-bond donors (Lipinski definition) is 2. The number of alkyl halides is 3. The van der Waals surface area contributed by atoms with Crippen LogP contribution in [0, 0.1) is 6.92 Å². The van der Waals surface area contributed by atoms with E-state index in [-0.39, 0.29) is 6.04 Å². The number of pyridine rings is 1. The van der Waals surface area contributed by atoms with Gasteiger partial charge in [0.25, 0.3) is 0 Å². The Labute approximate surface area is 152 Å². The van der Waals surface area contributed by atoms with Crippen LogP contribution in [0.25, 0.3) is 21.9 Å². The SMILES string of the molecule is Cc1nc(N2CCC(NC(=O)CC(F)(F)F)C2)c2c(cnc3nccc32)[nH]1. The van der Waals surface area contributed by atoms with Crippen LogP contribution in [-0.4, -0.2) is 51.2 Å². The van der Waals surface area contributed by atoms with Crippen molar-refractivity contribution >= 4 is 33.7 Å². The molecule has 1 unspecified atom stereocenters. The lowest BCUT2D eigenvalue weighted by Crippen LogP contribution is -2.39. The summed E-state index contributed by atoms with van der Waals surface area (Å²) in [7, 11) is 0. The molecule has 1 aliphatic rings. The molecule has 27 heavy (non-hydrogen) atoms. The number of halogens is 3. The number of hydrogen-bond acceptors (Lipinski definition) is 5. The molecule has 1 saturated heterocycles. The molecule has 1 amide bonds. The number of rotatable bonds is 3. The smallest absolute Gasteiger partial charge is 0.354 e. The summed E-state index contributed by atoms with van der Waals surface area (Å²) in [6, 6.07) is 1.51. The van der Waals surface area contributed by atoms with E-state index in [9.17, 15) is 18.0 Å². The van der Waals surface area contributed by atoms with Crippen LogP contribution in [0.2, 0.25) is 0 Å². The summed E-state index contributed by atoms with van der Waals surface area (Å²) in [5.74, 6) is 0.411. The third-order valence-corrected chi connectivity index (χ3v) is 4.56. The summed E-state index contributed by atoms with van der Waals surface area (Å²) in [6.07, 6.45) is -2.05. The van der Waals surface area contributed by atoms with Gasteiger partial charge in [-0.1, -0.05) is 0 Å². The first-order chi connectivity index (χ1) is 12.8. The zero-order valence-corrected chi connectivity index (χ0v) is 14.5. The second kappa shape index (κ2) is 6.36. The van der Waals surface area contributed by atoms with Crippen LogP contribution in [-0.2, 0) is 4.79 Å². The third-order valence-electron chi connectivity index (χ3n) is 4.56. The number of fused-ring (bicyclic) bond motifs is 3. The third kappa shape index (κ3) is 3.51. The molecule has 4 heterocycles. The van der Waals surface area contributed by atoms with Crippen LogP contribution in [0.4, 0.5) is 19.0 Å². The van der Waals surface area contributed by atoms with Crippen molar-refractivity contribution in [2.45, 2.75) is 32.0 Å². The van der Waals surface area contributed by atoms with Gasteiger partial charge in [0.15, 0.2) is 5.65 Å². The summed E-state index contributed by atoms with van der Waals surface area (Å²) >= 11 is 0. The molecule has 0 saturated carbocycles. The number of carbonyl (C=O) groups excluding carboxylic acids is 1. The molecular formula is C17H17F3N6O. The first kappa shape index (κ1) is 17.5. The molecule has 3 aromatic rings. The quantitative estimate of drug-likeness (QED) is 0.731. The highest BCUT2D eigenvalue weighted by molar-refractivity contribution is 6.09. The van der Waals surface area contributed by atoms with E-state index in [1.807, 2.05) is 17.9 Å². The fourth-order valence-corrected chi connectivity index (χ4v) is 3.49. The average molecular weight is 378 g/mol. The van der Waals surface area contributed by atoms with E-state index >= 15 is 0 Å². The summed E-state index contributed by atoms with van der Waals surface area (Å²) in [5, 5.41) is 4.19. The second-order valence-corrected chi connectivity index (χ2v) is 6.67. The number of H-pyrrole nitrogens is 1. The minimum absolute atomic E-state index is 0.351. The highest BCUT2D eigenvalue weighted by Crippen LogP contribution is 2.32. The first-order valence-corrected chi connectivity index (χ1v) is 8.51. The van der Waals surface area contributed by atoms with Gasteiger partial charge in [-0.3, -0.25) is 4.79 Å². The van der Waals surface area contributed by atoms with Crippen LogP contribution in [0.5, 0.6) is 0 Å². The van der Waals surface area contributed by atoms with Gasteiger partial charge >= 0.3 is 6.18 Å². The predicted octanol–water partition coefficient (Wildman–Crippen LogP) is 2.46. The lowest BCUT2D eigenvalue weighted by atomic mass is 10.2. The highest BCUT2D eigenvalue weighted by atomic mass is 19.4. The molecule has 4 rings (SSSR count). The predicted molar refractivity (Wildman–Crippen MR) is 93.4 cm³/mol. The number of aromatic amines is 1. The van der Waals surface area contributed by atoms with Crippen LogP contribution < -0.4 is 10.2 Å². The highest BCUT2D eigenvalue weighted by Gasteiger charge is 2.33. The Hall–Kier alpha value is -2.91. The molecule has 0 spiro atoms. The zero-order valence-electron chi connectivity index (χ0n) is 14.5. The largest absolute Gasteiger partial charge is 0.397 e. The maximum atomic E-state index is 12.4. The van der Waals surface area contributed by atoms with Crippen LogP contribution in [0.3, 0.4) is 0 Å². The van der Waals surface area contributed by atoms with Crippen molar-refractivity contribution in [2.75, 3.05) is 18.0 Å². The Morgan fingerprint density at radius 2 is 2.22 bits per heavy atom. The minimum Gasteiger partial charge on any atom is -0.354 e. The molecule has 10 heteroatoms. The Balaban J connectivity index is 1.62. The van der Waals surface area contributed by atoms with Crippen molar-refractivity contribution in [3.63, 3.8) is 0 Å². The normalized spacial score (nSPS) is 17.8. The van der Waals surface area contributed by atoms with Crippen molar-refractivity contribution in [3.05, 3.63) is 24.3 Å². The van der Waals surface area contributed by atoms with Crippen molar-refractivity contribution in [2.24, 2.45) is 0 Å². The molecule has 7 nitrogen and oxygen atoms in total. The molecule has 3 aromatic heterocycles. The number of aromatic nitrogens is 4. The Morgan fingerprint density at radius 3 is 3.00 bits per heavy atom. The van der Waals surface area contributed by atoms with E-state index in [4.69, 9.17) is 0 Å². The maximum absolute atomic E-state index is 12.4. The molecule has 142 valence electrons. The number of aryl methyl sites for hydroxylation is 1. The maximum Gasteiger partial charge on any atom is 0.397 e. The van der Waals surface area contributed by atoms with Gasteiger partial charge in [-0.15, -0.1) is 0 Å².